The minimum Gasteiger partial charge on any atom is -0.487 e. The van der Waals surface area contributed by atoms with Crippen LogP contribution in [0.5, 0.6) is 5.75 Å². The van der Waals surface area contributed by atoms with Crippen LogP contribution in [0.3, 0.4) is 0 Å². The number of aliphatic imine (C=N–C) groups is 1. The second-order valence-corrected chi connectivity index (χ2v) is 11.0. The minimum absolute atomic E-state index is 0.0315. The molecule has 0 unspecified atom stereocenters. The maximum atomic E-state index is 13.3. The molecule has 1 amide bonds. The largest absolute Gasteiger partial charge is 0.487 e. The highest BCUT2D eigenvalue weighted by molar-refractivity contribution is 7.90. The average Bonchev–Trinajstić information content (AvgIpc) is 2.91. The Morgan fingerprint density at radius 3 is 2.28 bits per heavy atom. The molecule has 0 saturated carbocycles. The van der Waals surface area contributed by atoms with Crippen molar-refractivity contribution in [3.8, 4) is 5.75 Å². The molecule has 0 bridgehead atoms. The Bertz CT molecular complexity index is 1080. The first kappa shape index (κ1) is 25.4. The minimum atomic E-state index is -4.24. The first-order valence-corrected chi connectivity index (χ1v) is 11.5. The SMILES string of the molecule is Cc1c(C)c(S(=O)(=O)NC(=NCC(=O)O)NC(=O)OC(C)(C)C)c(C)c2c1OC(C)(C)C2. The molecule has 0 aromatic heterocycles. The lowest BCUT2D eigenvalue weighted by Crippen LogP contribution is -2.46. The summed E-state index contributed by atoms with van der Waals surface area (Å²) in [5.74, 6) is -1.17. The van der Waals surface area contributed by atoms with Crippen molar-refractivity contribution in [2.75, 3.05) is 6.54 Å². The summed E-state index contributed by atoms with van der Waals surface area (Å²) in [5, 5.41) is 11.1. The molecule has 0 atom stereocenters. The van der Waals surface area contributed by atoms with Crippen LogP contribution in [0.4, 0.5) is 4.79 Å². The monoisotopic (exact) mass is 469 g/mol. The quantitative estimate of drug-likeness (QED) is 0.454. The summed E-state index contributed by atoms with van der Waals surface area (Å²) in [5.41, 5.74) is 1.19. The maximum Gasteiger partial charge on any atom is 0.414 e. The van der Waals surface area contributed by atoms with E-state index in [0.717, 1.165) is 5.56 Å². The molecule has 11 heteroatoms. The number of amides is 1. The molecule has 1 heterocycles. The predicted molar refractivity (Wildman–Crippen MR) is 119 cm³/mol. The second-order valence-electron chi connectivity index (χ2n) is 9.34. The summed E-state index contributed by atoms with van der Waals surface area (Å²) >= 11 is 0. The van der Waals surface area contributed by atoms with Gasteiger partial charge >= 0.3 is 12.1 Å². The van der Waals surface area contributed by atoms with Gasteiger partial charge in [-0.2, -0.15) is 0 Å². The van der Waals surface area contributed by atoms with Gasteiger partial charge in [0, 0.05) is 12.0 Å². The first-order chi connectivity index (χ1) is 14.4. The summed E-state index contributed by atoms with van der Waals surface area (Å²) in [4.78, 5) is 26.8. The molecule has 0 saturated heterocycles. The van der Waals surface area contributed by atoms with Crippen molar-refractivity contribution in [1.29, 1.82) is 0 Å². The van der Waals surface area contributed by atoms with Crippen LogP contribution in [0, 0.1) is 20.8 Å². The fourth-order valence-corrected chi connectivity index (χ4v) is 5.02. The fourth-order valence-electron chi connectivity index (χ4n) is 3.47. The topological polar surface area (TPSA) is 143 Å². The number of guanidine groups is 1. The number of fused-ring (bicyclic) bond motifs is 1. The van der Waals surface area contributed by atoms with Gasteiger partial charge in [0.25, 0.3) is 10.0 Å². The molecular weight excluding hydrogens is 438 g/mol. The number of carbonyl (C=O) groups excluding carboxylic acids is 1. The van der Waals surface area contributed by atoms with Crippen LogP contribution in [-0.4, -0.2) is 49.3 Å². The van der Waals surface area contributed by atoms with Gasteiger partial charge in [-0.05, 0) is 72.1 Å². The van der Waals surface area contributed by atoms with E-state index < -0.39 is 45.8 Å². The van der Waals surface area contributed by atoms with Gasteiger partial charge < -0.3 is 14.6 Å². The number of carboxylic acids is 1. The number of alkyl carbamates (subject to hydrolysis) is 1. The number of aliphatic carboxylic acids is 1. The van der Waals surface area contributed by atoms with Crippen LogP contribution >= 0.6 is 0 Å². The van der Waals surface area contributed by atoms with Gasteiger partial charge in [-0.25, -0.2) is 22.9 Å². The first-order valence-electron chi connectivity index (χ1n) is 10.0. The zero-order valence-electron chi connectivity index (χ0n) is 19.7. The van der Waals surface area contributed by atoms with E-state index in [4.69, 9.17) is 14.6 Å². The van der Waals surface area contributed by atoms with Gasteiger partial charge in [0.1, 0.15) is 23.5 Å². The molecule has 2 rings (SSSR count). The van der Waals surface area contributed by atoms with Crippen LogP contribution in [0.25, 0.3) is 0 Å². The molecule has 0 aliphatic carbocycles. The second kappa shape index (κ2) is 8.61. The van der Waals surface area contributed by atoms with E-state index in [0.29, 0.717) is 28.9 Å². The highest BCUT2D eigenvalue weighted by Gasteiger charge is 2.37. The lowest BCUT2D eigenvalue weighted by atomic mass is 9.94. The van der Waals surface area contributed by atoms with E-state index in [1.54, 1.807) is 41.5 Å². The molecular formula is C21H31N3O7S. The normalized spacial score (nSPS) is 15.6. The van der Waals surface area contributed by atoms with E-state index in [1.807, 2.05) is 13.8 Å². The number of carbonyl (C=O) groups is 2. The fraction of sp³-hybridized carbons (Fsp3) is 0.571. The molecule has 1 aromatic carbocycles. The van der Waals surface area contributed by atoms with Gasteiger partial charge in [-0.15, -0.1) is 0 Å². The highest BCUT2D eigenvalue weighted by atomic mass is 32.2. The smallest absolute Gasteiger partial charge is 0.414 e. The Morgan fingerprint density at radius 1 is 1.16 bits per heavy atom. The number of nitrogens with one attached hydrogen (secondary N) is 2. The zero-order valence-corrected chi connectivity index (χ0v) is 20.5. The standard InChI is InChI=1S/C21H31N3O7S/c1-11-12(2)17(13(3)14-9-21(7,8)30-16(11)14)32(28,29)24-18(22-10-15(25)26)23-19(27)31-20(4,5)6/h9-10H2,1-8H3,(H,25,26)(H2,22,23,24,27). The highest BCUT2D eigenvalue weighted by Crippen LogP contribution is 2.43. The Hall–Kier alpha value is -2.82. The third kappa shape index (κ3) is 5.90. The van der Waals surface area contributed by atoms with Crippen LogP contribution in [0.1, 0.15) is 56.9 Å². The van der Waals surface area contributed by atoms with Crippen molar-refractivity contribution < 1.29 is 32.6 Å². The summed E-state index contributed by atoms with van der Waals surface area (Å²) in [6, 6.07) is 0. The van der Waals surface area contributed by atoms with Crippen LogP contribution in [0.2, 0.25) is 0 Å². The molecule has 1 aromatic rings. The van der Waals surface area contributed by atoms with Gasteiger partial charge in [0.15, 0.2) is 0 Å². The van der Waals surface area contributed by atoms with Gasteiger partial charge in [-0.3, -0.25) is 10.1 Å². The average molecular weight is 470 g/mol. The van der Waals surface area contributed by atoms with Crippen molar-refractivity contribution in [2.45, 2.75) is 77.9 Å². The van der Waals surface area contributed by atoms with E-state index in [1.165, 1.54) is 0 Å². The maximum absolute atomic E-state index is 13.3. The van der Waals surface area contributed by atoms with Gasteiger partial charge in [0.2, 0.25) is 5.96 Å². The lowest BCUT2D eigenvalue weighted by Gasteiger charge is -2.21. The number of nitrogens with zero attached hydrogens (tertiary/aromatic N) is 1. The van der Waals surface area contributed by atoms with Crippen molar-refractivity contribution in [3.63, 3.8) is 0 Å². The van der Waals surface area contributed by atoms with Crippen molar-refractivity contribution in [3.05, 3.63) is 22.3 Å². The van der Waals surface area contributed by atoms with E-state index in [9.17, 15) is 18.0 Å². The number of rotatable bonds is 4. The Kier molecular flexibility index (Phi) is 6.84. The molecule has 1 aliphatic rings. The Balaban J connectivity index is 2.47. The van der Waals surface area contributed by atoms with Gasteiger partial charge in [0.05, 0.1) is 4.90 Å². The number of carboxylic acid groups (broad SMARTS) is 1. The third-order valence-corrected chi connectivity index (χ3v) is 6.40. The van der Waals surface area contributed by atoms with Crippen molar-refractivity contribution in [2.24, 2.45) is 4.99 Å². The van der Waals surface area contributed by atoms with Gasteiger partial charge in [-0.1, -0.05) is 0 Å². The van der Waals surface area contributed by atoms with Crippen LogP contribution in [0.15, 0.2) is 9.89 Å². The van der Waals surface area contributed by atoms with Crippen molar-refractivity contribution >= 4 is 28.0 Å². The zero-order chi connectivity index (χ0) is 24.6. The number of benzene rings is 1. The molecule has 0 fully saturated rings. The molecule has 32 heavy (non-hydrogen) atoms. The Labute approximate surface area is 188 Å². The van der Waals surface area contributed by atoms with E-state index >= 15 is 0 Å². The molecule has 10 nitrogen and oxygen atoms in total. The summed E-state index contributed by atoms with van der Waals surface area (Å²) in [6.45, 7) is 13.1. The number of ether oxygens (including phenoxy) is 2. The predicted octanol–water partition coefficient (Wildman–Crippen LogP) is 2.57. The molecule has 1 aliphatic heterocycles. The lowest BCUT2D eigenvalue weighted by molar-refractivity contribution is -0.135. The van der Waals surface area contributed by atoms with Crippen LogP contribution < -0.4 is 14.8 Å². The number of hydrogen-bond acceptors (Lipinski definition) is 7. The molecule has 0 radical (unpaired) electrons. The third-order valence-electron chi connectivity index (χ3n) is 4.78. The van der Waals surface area contributed by atoms with Crippen molar-refractivity contribution in [1.82, 2.24) is 10.0 Å². The van der Waals surface area contributed by atoms with E-state index in [2.05, 4.69) is 15.0 Å². The molecule has 0 spiro atoms. The van der Waals surface area contributed by atoms with Crippen LogP contribution in [-0.2, 0) is 26.0 Å². The Morgan fingerprint density at radius 2 is 1.75 bits per heavy atom. The molecule has 3 N–H and O–H groups in total. The number of hydrogen-bond donors (Lipinski definition) is 3. The molecule has 178 valence electrons. The summed E-state index contributed by atoms with van der Waals surface area (Å²) < 4.78 is 40.0. The summed E-state index contributed by atoms with van der Waals surface area (Å²) in [6.07, 6.45) is -0.438. The summed E-state index contributed by atoms with van der Waals surface area (Å²) in [7, 11) is -4.24. The van der Waals surface area contributed by atoms with E-state index in [-0.39, 0.29) is 4.90 Å². The number of sulfonamides is 1.